The summed E-state index contributed by atoms with van der Waals surface area (Å²) in [5.74, 6) is 0. The zero-order valence-electron chi connectivity index (χ0n) is 9.20. The number of nitrogens with two attached hydrogens (primary N) is 1. The molecule has 16 heavy (non-hydrogen) atoms. The van der Waals surface area contributed by atoms with Crippen LogP contribution in [0.2, 0.25) is 0 Å². The first-order valence-electron chi connectivity index (χ1n) is 5.63. The van der Waals surface area contributed by atoms with E-state index in [1.54, 1.807) is 0 Å². The molecule has 86 valence electrons. The summed E-state index contributed by atoms with van der Waals surface area (Å²) in [4.78, 5) is 11.3. The van der Waals surface area contributed by atoms with Gasteiger partial charge in [-0.3, -0.25) is 0 Å². The molecule has 1 aromatic rings. The van der Waals surface area contributed by atoms with E-state index in [1.807, 2.05) is 24.3 Å². The van der Waals surface area contributed by atoms with Crippen LogP contribution in [0.1, 0.15) is 18.4 Å². The second-order valence-electron chi connectivity index (χ2n) is 4.17. The quantitative estimate of drug-likeness (QED) is 0.668. The van der Waals surface area contributed by atoms with Gasteiger partial charge in [0.15, 0.2) is 0 Å². The lowest BCUT2D eigenvalue weighted by atomic mass is 10.1. The van der Waals surface area contributed by atoms with Crippen molar-refractivity contribution in [2.24, 2.45) is 0 Å². The van der Waals surface area contributed by atoms with E-state index in [-0.39, 0.29) is 6.03 Å². The number of urea groups is 1. The van der Waals surface area contributed by atoms with Gasteiger partial charge in [-0.2, -0.15) is 0 Å². The molecule has 2 rings (SSSR count). The predicted octanol–water partition coefficient (Wildman–Crippen LogP) is 1.27. The number of nitrogens with one attached hydrogen (secondary N) is 2. The molecule has 0 spiro atoms. The van der Waals surface area contributed by atoms with Crippen molar-refractivity contribution in [2.75, 3.05) is 12.3 Å². The molecule has 0 radical (unpaired) electrons. The summed E-state index contributed by atoms with van der Waals surface area (Å²) in [6.07, 6.45) is 3.06. The lowest BCUT2D eigenvalue weighted by Gasteiger charge is -2.06. The fourth-order valence-electron chi connectivity index (χ4n) is 1.47. The number of rotatable bonds is 4. The number of hydrogen-bond donors (Lipinski definition) is 3. The molecule has 2 amide bonds. The molecular weight excluding hydrogens is 202 g/mol. The van der Waals surface area contributed by atoms with Gasteiger partial charge >= 0.3 is 6.03 Å². The van der Waals surface area contributed by atoms with Crippen LogP contribution < -0.4 is 16.4 Å². The maximum Gasteiger partial charge on any atom is 0.315 e. The number of benzene rings is 1. The molecule has 0 aromatic heterocycles. The molecule has 0 heterocycles. The molecule has 0 aliphatic heterocycles. The first kappa shape index (κ1) is 10.8. The Morgan fingerprint density at radius 2 is 2.00 bits per heavy atom. The van der Waals surface area contributed by atoms with Crippen molar-refractivity contribution in [1.29, 1.82) is 0 Å². The van der Waals surface area contributed by atoms with Crippen molar-refractivity contribution in [3.8, 4) is 0 Å². The third-order valence-corrected chi connectivity index (χ3v) is 2.59. The van der Waals surface area contributed by atoms with Crippen LogP contribution in [-0.2, 0) is 6.42 Å². The van der Waals surface area contributed by atoms with E-state index in [1.165, 1.54) is 5.56 Å². The minimum atomic E-state index is -0.0575. The summed E-state index contributed by atoms with van der Waals surface area (Å²) >= 11 is 0. The van der Waals surface area contributed by atoms with Crippen molar-refractivity contribution < 1.29 is 4.79 Å². The van der Waals surface area contributed by atoms with Gasteiger partial charge in [0.1, 0.15) is 0 Å². The lowest BCUT2D eigenvalue weighted by Crippen LogP contribution is -2.37. The van der Waals surface area contributed by atoms with Crippen molar-refractivity contribution in [3.05, 3.63) is 29.8 Å². The van der Waals surface area contributed by atoms with Gasteiger partial charge < -0.3 is 16.4 Å². The second-order valence-corrected chi connectivity index (χ2v) is 4.17. The third kappa shape index (κ3) is 3.46. The van der Waals surface area contributed by atoms with Gasteiger partial charge in [0.2, 0.25) is 0 Å². The van der Waals surface area contributed by atoms with Gasteiger partial charge in [0.05, 0.1) is 0 Å². The standard InChI is InChI=1S/C12H17N3O/c13-10-3-1-9(2-4-10)7-8-14-12(16)15-11-5-6-11/h1-4,11H,5-8,13H2,(H2,14,15,16). The summed E-state index contributed by atoms with van der Waals surface area (Å²) in [6.45, 7) is 0.655. The van der Waals surface area contributed by atoms with E-state index < -0.39 is 0 Å². The highest BCUT2D eigenvalue weighted by Gasteiger charge is 2.22. The normalized spacial score (nSPS) is 14.5. The van der Waals surface area contributed by atoms with Crippen LogP contribution in [0.25, 0.3) is 0 Å². The molecule has 0 atom stereocenters. The number of nitrogen functional groups attached to an aromatic ring is 1. The Kier molecular flexibility index (Phi) is 3.29. The fraction of sp³-hybridized carbons (Fsp3) is 0.417. The summed E-state index contributed by atoms with van der Waals surface area (Å²) < 4.78 is 0. The lowest BCUT2D eigenvalue weighted by molar-refractivity contribution is 0.240. The van der Waals surface area contributed by atoms with Crippen molar-refractivity contribution in [3.63, 3.8) is 0 Å². The minimum Gasteiger partial charge on any atom is -0.399 e. The van der Waals surface area contributed by atoms with E-state index >= 15 is 0 Å². The van der Waals surface area contributed by atoms with Gasteiger partial charge in [-0.05, 0) is 37.0 Å². The van der Waals surface area contributed by atoms with Crippen LogP contribution in [0.15, 0.2) is 24.3 Å². The zero-order chi connectivity index (χ0) is 11.4. The molecule has 4 heteroatoms. The van der Waals surface area contributed by atoms with Crippen molar-refractivity contribution in [1.82, 2.24) is 10.6 Å². The average Bonchev–Trinajstić information content (AvgIpc) is 3.05. The van der Waals surface area contributed by atoms with Crippen LogP contribution in [0, 0.1) is 0 Å². The maximum absolute atomic E-state index is 11.3. The zero-order valence-corrected chi connectivity index (χ0v) is 9.20. The number of hydrogen-bond acceptors (Lipinski definition) is 2. The Morgan fingerprint density at radius 1 is 1.31 bits per heavy atom. The Morgan fingerprint density at radius 3 is 2.62 bits per heavy atom. The van der Waals surface area contributed by atoms with Gasteiger partial charge in [-0.1, -0.05) is 12.1 Å². The van der Waals surface area contributed by atoms with Crippen LogP contribution in [-0.4, -0.2) is 18.6 Å². The van der Waals surface area contributed by atoms with Gasteiger partial charge in [-0.15, -0.1) is 0 Å². The van der Waals surface area contributed by atoms with E-state index in [4.69, 9.17) is 5.73 Å². The Bertz CT molecular complexity index is 357. The molecule has 1 fully saturated rings. The molecular formula is C12H17N3O. The van der Waals surface area contributed by atoms with E-state index in [0.717, 1.165) is 24.9 Å². The minimum absolute atomic E-state index is 0.0575. The number of amides is 2. The first-order chi connectivity index (χ1) is 7.74. The molecule has 1 aromatic carbocycles. The van der Waals surface area contributed by atoms with Crippen molar-refractivity contribution in [2.45, 2.75) is 25.3 Å². The predicted molar refractivity (Wildman–Crippen MR) is 64.1 cm³/mol. The van der Waals surface area contributed by atoms with Crippen molar-refractivity contribution >= 4 is 11.7 Å². The summed E-state index contributed by atoms with van der Waals surface area (Å²) in [5.41, 5.74) is 7.53. The monoisotopic (exact) mass is 219 g/mol. The van der Waals surface area contributed by atoms with Gasteiger partial charge in [0, 0.05) is 18.3 Å². The van der Waals surface area contributed by atoms with E-state index in [2.05, 4.69) is 10.6 Å². The topological polar surface area (TPSA) is 67.1 Å². The maximum atomic E-state index is 11.3. The molecule has 4 nitrogen and oxygen atoms in total. The number of carbonyl (C=O) groups excluding carboxylic acids is 1. The van der Waals surface area contributed by atoms with E-state index in [9.17, 15) is 4.79 Å². The van der Waals surface area contributed by atoms with Crippen LogP contribution in [0.5, 0.6) is 0 Å². The second kappa shape index (κ2) is 4.88. The van der Waals surface area contributed by atoms with Gasteiger partial charge in [-0.25, -0.2) is 4.79 Å². The molecule has 0 unspecified atom stereocenters. The van der Waals surface area contributed by atoms with E-state index in [0.29, 0.717) is 12.6 Å². The highest BCUT2D eigenvalue weighted by molar-refractivity contribution is 5.74. The molecule has 4 N–H and O–H groups in total. The fourth-order valence-corrected chi connectivity index (χ4v) is 1.47. The largest absolute Gasteiger partial charge is 0.399 e. The molecule has 1 saturated carbocycles. The van der Waals surface area contributed by atoms with Crippen LogP contribution in [0.4, 0.5) is 10.5 Å². The highest BCUT2D eigenvalue weighted by Crippen LogP contribution is 2.18. The number of anilines is 1. The molecule has 0 bridgehead atoms. The number of carbonyl (C=O) groups is 1. The third-order valence-electron chi connectivity index (χ3n) is 2.59. The molecule has 0 saturated heterocycles. The summed E-state index contributed by atoms with van der Waals surface area (Å²) in [6, 6.07) is 8.07. The summed E-state index contributed by atoms with van der Waals surface area (Å²) in [5, 5.41) is 5.71. The van der Waals surface area contributed by atoms with Gasteiger partial charge in [0.25, 0.3) is 0 Å². The molecule has 1 aliphatic rings. The average molecular weight is 219 g/mol. The Labute approximate surface area is 95.2 Å². The Balaban J connectivity index is 1.66. The smallest absolute Gasteiger partial charge is 0.315 e. The molecule has 1 aliphatic carbocycles. The highest BCUT2D eigenvalue weighted by atomic mass is 16.2. The SMILES string of the molecule is Nc1ccc(CCNC(=O)NC2CC2)cc1. The summed E-state index contributed by atoms with van der Waals surface area (Å²) in [7, 11) is 0. The van der Waals surface area contributed by atoms with Crippen LogP contribution >= 0.6 is 0 Å². The first-order valence-corrected chi connectivity index (χ1v) is 5.63. The Hall–Kier alpha value is -1.71. The van der Waals surface area contributed by atoms with Crippen LogP contribution in [0.3, 0.4) is 0 Å².